The molecule has 1 fully saturated rings. The van der Waals surface area contributed by atoms with E-state index in [0.717, 1.165) is 43.3 Å². The van der Waals surface area contributed by atoms with Crippen molar-refractivity contribution in [1.29, 1.82) is 0 Å². The molecule has 0 saturated carbocycles. The molecular weight excluding hydrogens is 376 g/mol. The summed E-state index contributed by atoms with van der Waals surface area (Å²) in [6, 6.07) is 14.4. The molecule has 1 aromatic carbocycles. The Labute approximate surface area is 176 Å². The second-order valence-corrected chi connectivity index (χ2v) is 7.96. The fourth-order valence-corrected chi connectivity index (χ4v) is 4.28. The number of aryl methyl sites for hydroxylation is 1. The highest BCUT2D eigenvalue weighted by atomic mass is 16.2. The van der Waals surface area contributed by atoms with Gasteiger partial charge in [-0.05, 0) is 42.5 Å². The van der Waals surface area contributed by atoms with E-state index in [1.54, 1.807) is 4.52 Å². The van der Waals surface area contributed by atoms with Gasteiger partial charge in [-0.25, -0.2) is 0 Å². The van der Waals surface area contributed by atoms with Crippen LogP contribution in [-0.4, -0.2) is 56.8 Å². The van der Waals surface area contributed by atoms with Crippen molar-refractivity contribution in [3.63, 3.8) is 0 Å². The van der Waals surface area contributed by atoms with Gasteiger partial charge in [0.2, 0.25) is 5.91 Å². The molecule has 7 nitrogen and oxygen atoms in total. The molecule has 7 heteroatoms. The largest absolute Gasteiger partial charge is 0.355 e. The third-order valence-electron chi connectivity index (χ3n) is 6.01. The number of hydrogen-bond acceptors (Lipinski definition) is 5. The first-order valence-corrected chi connectivity index (χ1v) is 10.8. The molecule has 2 aliphatic heterocycles. The number of benzene rings is 1. The van der Waals surface area contributed by atoms with Gasteiger partial charge in [0.25, 0.3) is 0 Å². The van der Waals surface area contributed by atoms with Crippen molar-refractivity contribution >= 4 is 22.9 Å². The van der Waals surface area contributed by atoms with Crippen molar-refractivity contribution in [3.8, 4) is 0 Å². The van der Waals surface area contributed by atoms with Gasteiger partial charge >= 0.3 is 0 Å². The van der Waals surface area contributed by atoms with Crippen molar-refractivity contribution in [2.24, 2.45) is 0 Å². The van der Waals surface area contributed by atoms with Crippen LogP contribution < -0.4 is 4.90 Å². The Morgan fingerprint density at radius 3 is 2.57 bits per heavy atom. The number of hydrogen-bond donors (Lipinski definition) is 0. The van der Waals surface area contributed by atoms with Crippen LogP contribution >= 0.6 is 0 Å². The summed E-state index contributed by atoms with van der Waals surface area (Å²) in [6.45, 7) is 3.52. The normalized spacial score (nSPS) is 16.9. The van der Waals surface area contributed by atoms with Crippen LogP contribution in [0.3, 0.4) is 0 Å². The molecule has 1 amide bonds. The minimum atomic E-state index is 0.158. The highest BCUT2D eigenvalue weighted by molar-refractivity contribution is 5.78. The SMILES string of the molecule is O=C(CCc1nnc2ccc(N3CCCC3)nn12)N1CC=C(c2ccccc2)CC1. The van der Waals surface area contributed by atoms with E-state index in [1.165, 1.54) is 24.0 Å². The van der Waals surface area contributed by atoms with Crippen LogP contribution in [0.25, 0.3) is 11.2 Å². The number of anilines is 1. The average molecular weight is 403 g/mol. The fraction of sp³-hybridized carbons (Fsp3) is 0.391. The predicted molar refractivity (Wildman–Crippen MR) is 116 cm³/mol. The molecule has 0 radical (unpaired) electrons. The predicted octanol–water partition coefficient (Wildman–Crippen LogP) is 2.97. The van der Waals surface area contributed by atoms with Crippen molar-refractivity contribution < 1.29 is 4.79 Å². The molecule has 0 unspecified atom stereocenters. The molecule has 0 aliphatic carbocycles. The van der Waals surface area contributed by atoms with E-state index in [-0.39, 0.29) is 5.91 Å². The van der Waals surface area contributed by atoms with Crippen LogP contribution in [0.15, 0.2) is 48.5 Å². The third-order valence-corrected chi connectivity index (χ3v) is 6.01. The van der Waals surface area contributed by atoms with Crippen LogP contribution in [0.1, 0.15) is 37.1 Å². The molecule has 3 aromatic rings. The first-order chi connectivity index (χ1) is 14.8. The summed E-state index contributed by atoms with van der Waals surface area (Å²) in [5, 5.41) is 13.2. The lowest BCUT2D eigenvalue weighted by Crippen LogP contribution is -2.34. The highest BCUT2D eigenvalue weighted by Gasteiger charge is 2.20. The quantitative estimate of drug-likeness (QED) is 0.656. The Morgan fingerprint density at radius 2 is 1.80 bits per heavy atom. The van der Waals surface area contributed by atoms with Crippen molar-refractivity contribution in [1.82, 2.24) is 24.7 Å². The molecule has 4 heterocycles. The number of aromatic nitrogens is 4. The van der Waals surface area contributed by atoms with Crippen LogP contribution in [0.5, 0.6) is 0 Å². The van der Waals surface area contributed by atoms with E-state index in [4.69, 9.17) is 5.10 Å². The van der Waals surface area contributed by atoms with Gasteiger partial charge in [-0.1, -0.05) is 36.4 Å². The van der Waals surface area contributed by atoms with Crippen molar-refractivity contribution in [2.45, 2.75) is 32.1 Å². The van der Waals surface area contributed by atoms with Gasteiger partial charge in [0, 0.05) is 39.0 Å². The molecule has 0 bridgehead atoms. The van der Waals surface area contributed by atoms with E-state index in [2.05, 4.69) is 45.4 Å². The zero-order valence-corrected chi connectivity index (χ0v) is 17.1. The summed E-state index contributed by atoms with van der Waals surface area (Å²) in [5.74, 6) is 1.87. The standard InChI is InChI=1S/C23H26N6O/c30-23(28-16-12-19(13-17-28)18-6-2-1-3-7-18)11-10-21-25-24-20-8-9-22(26-29(20)21)27-14-4-5-15-27/h1-3,6-9,12H,4-5,10-11,13-17H2. The Hall–Kier alpha value is -3.22. The summed E-state index contributed by atoms with van der Waals surface area (Å²) >= 11 is 0. The highest BCUT2D eigenvalue weighted by Crippen LogP contribution is 2.23. The number of fused-ring (bicyclic) bond motifs is 1. The minimum Gasteiger partial charge on any atom is -0.355 e. The van der Waals surface area contributed by atoms with E-state index in [1.807, 2.05) is 23.1 Å². The first-order valence-electron chi connectivity index (χ1n) is 10.8. The van der Waals surface area contributed by atoms with Crippen LogP contribution in [0.2, 0.25) is 0 Å². The van der Waals surface area contributed by atoms with Crippen LogP contribution in [-0.2, 0) is 11.2 Å². The summed E-state index contributed by atoms with van der Waals surface area (Å²) in [4.78, 5) is 17.0. The lowest BCUT2D eigenvalue weighted by Gasteiger charge is -2.26. The van der Waals surface area contributed by atoms with Gasteiger partial charge in [0.15, 0.2) is 11.5 Å². The number of carbonyl (C=O) groups is 1. The van der Waals surface area contributed by atoms with Gasteiger partial charge < -0.3 is 9.80 Å². The molecule has 2 aliphatic rings. The maximum atomic E-state index is 12.8. The molecule has 30 heavy (non-hydrogen) atoms. The minimum absolute atomic E-state index is 0.158. The number of carbonyl (C=O) groups excluding carboxylic acids is 1. The molecule has 2 aromatic heterocycles. The number of nitrogens with zero attached hydrogens (tertiary/aromatic N) is 6. The van der Waals surface area contributed by atoms with Crippen molar-refractivity contribution in [2.75, 3.05) is 31.1 Å². The van der Waals surface area contributed by atoms with Gasteiger partial charge in [-0.15, -0.1) is 15.3 Å². The van der Waals surface area contributed by atoms with Crippen LogP contribution in [0, 0.1) is 0 Å². The van der Waals surface area contributed by atoms with Crippen molar-refractivity contribution in [3.05, 3.63) is 59.9 Å². The van der Waals surface area contributed by atoms with Gasteiger partial charge in [-0.2, -0.15) is 4.52 Å². The Morgan fingerprint density at radius 1 is 0.967 bits per heavy atom. The smallest absolute Gasteiger partial charge is 0.223 e. The zero-order valence-electron chi connectivity index (χ0n) is 17.1. The number of amides is 1. The molecular formula is C23H26N6O. The second-order valence-electron chi connectivity index (χ2n) is 7.96. The average Bonchev–Trinajstić information content (AvgIpc) is 3.48. The fourth-order valence-electron chi connectivity index (χ4n) is 4.28. The Balaban J connectivity index is 1.23. The second kappa shape index (κ2) is 8.26. The third kappa shape index (κ3) is 3.79. The van der Waals surface area contributed by atoms with Gasteiger partial charge in [0.1, 0.15) is 5.82 Å². The summed E-state index contributed by atoms with van der Waals surface area (Å²) in [5.41, 5.74) is 3.30. The first kappa shape index (κ1) is 18.8. The van der Waals surface area contributed by atoms with Gasteiger partial charge in [-0.3, -0.25) is 4.79 Å². The lowest BCUT2D eigenvalue weighted by molar-refractivity contribution is -0.130. The Kier molecular flexibility index (Phi) is 5.17. The van der Waals surface area contributed by atoms with E-state index in [0.29, 0.717) is 19.4 Å². The molecule has 0 atom stereocenters. The maximum absolute atomic E-state index is 12.8. The molecule has 0 N–H and O–H groups in total. The Bertz CT molecular complexity index is 1070. The van der Waals surface area contributed by atoms with Crippen LogP contribution in [0.4, 0.5) is 5.82 Å². The monoisotopic (exact) mass is 402 g/mol. The molecule has 5 rings (SSSR count). The maximum Gasteiger partial charge on any atom is 0.223 e. The van der Waals surface area contributed by atoms with Gasteiger partial charge in [0.05, 0.1) is 0 Å². The van der Waals surface area contributed by atoms with E-state index < -0.39 is 0 Å². The lowest BCUT2D eigenvalue weighted by atomic mass is 9.99. The summed E-state index contributed by atoms with van der Waals surface area (Å²) in [7, 11) is 0. The topological polar surface area (TPSA) is 66.6 Å². The van der Waals surface area contributed by atoms with E-state index in [9.17, 15) is 4.79 Å². The molecule has 1 saturated heterocycles. The molecule has 154 valence electrons. The zero-order chi connectivity index (χ0) is 20.3. The summed E-state index contributed by atoms with van der Waals surface area (Å²) < 4.78 is 1.80. The number of rotatable bonds is 5. The molecule has 0 spiro atoms. The van der Waals surface area contributed by atoms with E-state index >= 15 is 0 Å². The summed E-state index contributed by atoms with van der Waals surface area (Å²) in [6.07, 6.45) is 6.45.